The number of halogens is 4. The highest BCUT2D eigenvalue weighted by atomic mass is 32.2. The van der Waals surface area contributed by atoms with Gasteiger partial charge in [0, 0.05) is 46.4 Å². The normalized spacial score (nSPS) is 14.9. The molecular formula is C18H25F4N3O6S. The fourth-order valence-corrected chi connectivity index (χ4v) is 4.05. The molecule has 1 fully saturated rings. The Hall–Kier alpha value is -2.29. The van der Waals surface area contributed by atoms with Crippen LogP contribution in [0.4, 0.5) is 17.6 Å². The smallest absolute Gasteiger partial charge is 0.475 e. The highest BCUT2D eigenvalue weighted by Crippen LogP contribution is 2.13. The van der Waals surface area contributed by atoms with Crippen molar-refractivity contribution in [2.75, 3.05) is 58.7 Å². The van der Waals surface area contributed by atoms with Crippen molar-refractivity contribution < 1.29 is 45.4 Å². The summed E-state index contributed by atoms with van der Waals surface area (Å²) in [6, 6.07) is 5.67. The fourth-order valence-electron chi connectivity index (χ4n) is 2.60. The summed E-state index contributed by atoms with van der Waals surface area (Å²) in [6.45, 7) is 2.49. The van der Waals surface area contributed by atoms with Crippen LogP contribution in [0, 0.1) is 5.82 Å². The van der Waals surface area contributed by atoms with Crippen LogP contribution in [0.5, 0.6) is 0 Å². The van der Waals surface area contributed by atoms with Crippen LogP contribution in [0.15, 0.2) is 24.3 Å². The highest BCUT2D eigenvalue weighted by molar-refractivity contribution is 7.89. The van der Waals surface area contributed by atoms with E-state index >= 15 is 0 Å². The topological polar surface area (TPSA) is 116 Å². The van der Waals surface area contributed by atoms with Crippen LogP contribution in [0.25, 0.3) is 0 Å². The number of alkyl halides is 3. The number of amides is 1. The van der Waals surface area contributed by atoms with Gasteiger partial charge in [-0.2, -0.15) is 17.5 Å². The Bertz CT molecular complexity index is 861. The number of carbonyl (C=O) groups excluding carboxylic acids is 1. The first-order valence-electron chi connectivity index (χ1n) is 9.41. The van der Waals surface area contributed by atoms with E-state index in [0.29, 0.717) is 26.2 Å². The van der Waals surface area contributed by atoms with Crippen LogP contribution >= 0.6 is 0 Å². The number of hydrogen-bond acceptors (Lipinski definition) is 6. The second-order valence-electron chi connectivity index (χ2n) is 6.53. The van der Waals surface area contributed by atoms with Gasteiger partial charge >= 0.3 is 12.1 Å². The van der Waals surface area contributed by atoms with E-state index in [1.165, 1.54) is 34.5 Å². The maximum absolute atomic E-state index is 13.9. The minimum absolute atomic E-state index is 0.0111. The van der Waals surface area contributed by atoms with Crippen LogP contribution in [-0.2, 0) is 19.6 Å². The first kappa shape index (κ1) is 27.7. The molecule has 32 heavy (non-hydrogen) atoms. The zero-order chi connectivity index (χ0) is 24.4. The minimum atomic E-state index is -5.08. The first-order valence-corrected chi connectivity index (χ1v) is 11.0. The molecule has 0 saturated carbocycles. The van der Waals surface area contributed by atoms with Crippen molar-refractivity contribution in [3.8, 4) is 0 Å². The number of piperazine rings is 1. The van der Waals surface area contributed by atoms with Gasteiger partial charge in [0.15, 0.2) is 0 Å². The number of nitrogens with zero attached hydrogens (tertiary/aromatic N) is 2. The monoisotopic (exact) mass is 487 g/mol. The summed E-state index contributed by atoms with van der Waals surface area (Å²) in [5, 5.41) is 10.2. The van der Waals surface area contributed by atoms with Crippen molar-refractivity contribution in [1.29, 1.82) is 0 Å². The third-order valence-electron chi connectivity index (χ3n) is 4.29. The maximum atomic E-state index is 13.9. The highest BCUT2D eigenvalue weighted by Gasteiger charge is 2.38. The quantitative estimate of drug-likeness (QED) is 0.521. The summed E-state index contributed by atoms with van der Waals surface area (Å²) in [6.07, 6.45) is -5.08. The van der Waals surface area contributed by atoms with Crippen molar-refractivity contribution >= 4 is 21.9 Å². The molecule has 14 heteroatoms. The van der Waals surface area contributed by atoms with Gasteiger partial charge < -0.3 is 20.1 Å². The molecular weight excluding hydrogens is 462 g/mol. The molecule has 0 unspecified atom stereocenters. The van der Waals surface area contributed by atoms with Gasteiger partial charge in [-0.25, -0.2) is 17.6 Å². The Kier molecular flexibility index (Phi) is 11.0. The van der Waals surface area contributed by atoms with Crippen LogP contribution in [0.1, 0.15) is 10.4 Å². The zero-order valence-corrected chi connectivity index (χ0v) is 18.1. The molecule has 1 saturated heterocycles. The number of nitrogens with one attached hydrogen (secondary N) is 1. The Morgan fingerprint density at radius 2 is 1.75 bits per heavy atom. The van der Waals surface area contributed by atoms with Crippen molar-refractivity contribution in [3.63, 3.8) is 0 Å². The molecule has 0 aliphatic carbocycles. The largest absolute Gasteiger partial charge is 0.490 e. The number of aliphatic carboxylic acids is 1. The van der Waals surface area contributed by atoms with Crippen LogP contribution < -0.4 is 5.32 Å². The predicted octanol–water partition coefficient (Wildman–Crippen LogP) is 0.783. The molecule has 182 valence electrons. The molecule has 1 heterocycles. The predicted molar refractivity (Wildman–Crippen MR) is 106 cm³/mol. The SMILES string of the molecule is COCCN(CCS(=O)(=O)N1CCNCC1)C(=O)c1ccccc1F.O=C(O)C(F)(F)F. The number of sulfonamides is 1. The lowest BCUT2D eigenvalue weighted by Gasteiger charge is -2.28. The second-order valence-corrected chi connectivity index (χ2v) is 8.62. The molecule has 1 aliphatic rings. The van der Waals surface area contributed by atoms with Gasteiger partial charge in [-0.3, -0.25) is 4.79 Å². The second kappa shape index (κ2) is 12.7. The number of methoxy groups -OCH3 is 1. The number of hydrogen-bond donors (Lipinski definition) is 2. The van der Waals surface area contributed by atoms with E-state index in [1.807, 2.05) is 0 Å². The Morgan fingerprint density at radius 1 is 1.19 bits per heavy atom. The van der Waals surface area contributed by atoms with Crippen LogP contribution in [0.2, 0.25) is 0 Å². The van der Waals surface area contributed by atoms with Crippen LogP contribution in [0.3, 0.4) is 0 Å². The van der Waals surface area contributed by atoms with Crippen LogP contribution in [-0.4, -0.2) is 99.5 Å². The molecule has 1 amide bonds. The molecule has 0 bridgehead atoms. The van der Waals surface area contributed by atoms with Gasteiger partial charge in [-0.15, -0.1) is 0 Å². The average molecular weight is 487 g/mol. The van der Waals surface area contributed by atoms with E-state index in [9.17, 15) is 30.8 Å². The molecule has 9 nitrogen and oxygen atoms in total. The number of carboxylic acid groups (broad SMARTS) is 1. The van der Waals surface area contributed by atoms with E-state index in [-0.39, 0.29) is 31.0 Å². The number of carbonyl (C=O) groups is 2. The summed E-state index contributed by atoms with van der Waals surface area (Å²) in [5.74, 6) is -4.12. The molecule has 2 rings (SSSR count). The van der Waals surface area contributed by atoms with Gasteiger partial charge in [-0.1, -0.05) is 12.1 Å². The first-order chi connectivity index (χ1) is 14.9. The summed E-state index contributed by atoms with van der Waals surface area (Å²) in [4.78, 5) is 22.8. The number of carboxylic acids is 1. The molecule has 1 aromatic rings. The van der Waals surface area contributed by atoms with E-state index in [0.717, 1.165) is 0 Å². The number of rotatable bonds is 8. The molecule has 0 atom stereocenters. The van der Waals surface area contributed by atoms with E-state index in [4.69, 9.17) is 14.6 Å². The van der Waals surface area contributed by atoms with Gasteiger partial charge in [0.2, 0.25) is 10.0 Å². The molecule has 0 radical (unpaired) electrons. The van der Waals surface area contributed by atoms with Crippen molar-refractivity contribution in [2.24, 2.45) is 0 Å². The fraction of sp³-hybridized carbons (Fsp3) is 0.556. The van der Waals surface area contributed by atoms with Gasteiger partial charge in [-0.05, 0) is 12.1 Å². The summed E-state index contributed by atoms with van der Waals surface area (Å²) in [5.41, 5.74) is -0.0711. The zero-order valence-electron chi connectivity index (χ0n) is 17.3. The lowest BCUT2D eigenvalue weighted by molar-refractivity contribution is -0.192. The molecule has 2 N–H and O–H groups in total. The average Bonchev–Trinajstić information content (AvgIpc) is 2.74. The van der Waals surface area contributed by atoms with Gasteiger partial charge in [0.05, 0.1) is 17.9 Å². The van der Waals surface area contributed by atoms with Crippen molar-refractivity contribution in [2.45, 2.75) is 6.18 Å². The molecule has 0 aromatic heterocycles. The minimum Gasteiger partial charge on any atom is -0.475 e. The van der Waals surface area contributed by atoms with Gasteiger partial charge in [0.1, 0.15) is 5.82 Å². The number of ether oxygens (including phenoxy) is 1. The third kappa shape index (κ3) is 9.06. The van der Waals surface area contributed by atoms with E-state index < -0.39 is 33.9 Å². The Labute approximate surface area is 183 Å². The van der Waals surface area contributed by atoms with E-state index in [1.54, 1.807) is 6.07 Å². The Morgan fingerprint density at radius 3 is 2.25 bits per heavy atom. The van der Waals surface area contributed by atoms with Gasteiger partial charge in [0.25, 0.3) is 5.91 Å². The third-order valence-corrected chi connectivity index (χ3v) is 6.14. The lowest BCUT2D eigenvalue weighted by atomic mass is 10.2. The summed E-state index contributed by atoms with van der Waals surface area (Å²) < 4.78 is 76.9. The number of benzene rings is 1. The molecule has 1 aliphatic heterocycles. The molecule has 1 aromatic carbocycles. The van der Waals surface area contributed by atoms with Crippen molar-refractivity contribution in [3.05, 3.63) is 35.6 Å². The van der Waals surface area contributed by atoms with Crippen molar-refractivity contribution in [1.82, 2.24) is 14.5 Å². The summed E-state index contributed by atoms with van der Waals surface area (Å²) in [7, 11) is -1.98. The maximum Gasteiger partial charge on any atom is 0.490 e. The standard InChI is InChI=1S/C16H24FN3O4S.C2HF3O2/c1-24-12-10-19(16(21)14-4-2-3-5-15(14)17)11-13-25(22,23)20-8-6-18-7-9-20;3-2(4,5)1(6)7/h2-5,18H,6-13H2,1H3;(H,6,7). The molecule has 0 spiro atoms. The van der Waals surface area contributed by atoms with E-state index in [2.05, 4.69) is 5.32 Å². The lowest BCUT2D eigenvalue weighted by Crippen LogP contribution is -2.48. The summed E-state index contributed by atoms with van der Waals surface area (Å²) >= 11 is 0. The Balaban J connectivity index is 0.000000633.